The Morgan fingerprint density at radius 1 is 0.295 bits per heavy atom. The highest BCUT2D eigenvalue weighted by Crippen LogP contribution is 2.56. The van der Waals surface area contributed by atoms with Crippen molar-refractivity contribution in [3.8, 4) is 78.4 Å². The molecule has 0 atom stereocenters. The van der Waals surface area contributed by atoms with Crippen molar-refractivity contribution < 1.29 is 0 Å². The number of rotatable bonds is 8. The van der Waals surface area contributed by atoms with Crippen molar-refractivity contribution >= 4 is 0 Å². The Labute approximate surface area is 356 Å². The molecule has 0 saturated heterocycles. The first-order valence-corrected chi connectivity index (χ1v) is 20.7. The van der Waals surface area contributed by atoms with Gasteiger partial charge in [0.05, 0.1) is 16.8 Å². The lowest BCUT2D eigenvalue weighted by Gasteiger charge is -2.33. The Kier molecular flexibility index (Phi) is 9.05. The summed E-state index contributed by atoms with van der Waals surface area (Å²) < 4.78 is 0. The maximum Gasteiger partial charge on any atom is 0.160 e. The van der Waals surface area contributed by atoms with Crippen molar-refractivity contribution in [1.82, 2.24) is 15.0 Å². The quantitative estimate of drug-likeness (QED) is 0.154. The van der Waals surface area contributed by atoms with Gasteiger partial charge in [-0.15, -0.1) is 0 Å². The number of pyridine rings is 1. The van der Waals surface area contributed by atoms with Crippen molar-refractivity contribution in [2.75, 3.05) is 0 Å². The van der Waals surface area contributed by atoms with Crippen LogP contribution in [-0.4, -0.2) is 15.0 Å². The average Bonchev–Trinajstić information content (AvgIpc) is 3.65. The van der Waals surface area contributed by atoms with E-state index in [1.807, 2.05) is 30.5 Å². The molecule has 0 saturated carbocycles. The zero-order valence-electron chi connectivity index (χ0n) is 33.4. The summed E-state index contributed by atoms with van der Waals surface area (Å²) in [4.78, 5) is 14.4. The van der Waals surface area contributed by atoms with Gasteiger partial charge in [-0.25, -0.2) is 9.97 Å². The molecule has 11 rings (SSSR count). The van der Waals surface area contributed by atoms with Gasteiger partial charge in [-0.2, -0.15) is 0 Å². The molecule has 2 aromatic heterocycles. The van der Waals surface area contributed by atoms with E-state index in [1.54, 1.807) is 6.20 Å². The molecular formula is C58H39N3. The van der Waals surface area contributed by atoms with Gasteiger partial charge in [0.25, 0.3) is 0 Å². The fourth-order valence-electron chi connectivity index (χ4n) is 9.14. The van der Waals surface area contributed by atoms with E-state index >= 15 is 0 Å². The molecule has 286 valence electrons. The molecule has 3 heteroatoms. The van der Waals surface area contributed by atoms with Crippen molar-refractivity contribution in [2.45, 2.75) is 5.41 Å². The van der Waals surface area contributed by atoms with Gasteiger partial charge in [-0.3, -0.25) is 4.98 Å². The molecule has 0 spiro atoms. The minimum absolute atomic E-state index is 0.397. The lowest BCUT2D eigenvalue weighted by atomic mass is 9.67. The van der Waals surface area contributed by atoms with Crippen LogP contribution in [0.2, 0.25) is 0 Å². The minimum Gasteiger partial charge on any atom is -0.264 e. The number of hydrogen-bond acceptors (Lipinski definition) is 3. The van der Waals surface area contributed by atoms with Crippen LogP contribution in [0.15, 0.2) is 237 Å². The number of nitrogens with zero attached hydrogens (tertiary/aromatic N) is 3. The molecule has 0 aliphatic heterocycles. The van der Waals surface area contributed by atoms with Crippen LogP contribution in [-0.2, 0) is 5.41 Å². The Morgan fingerprint density at radius 3 is 1.30 bits per heavy atom. The van der Waals surface area contributed by atoms with Gasteiger partial charge in [-0.1, -0.05) is 206 Å². The molecule has 0 amide bonds. The highest BCUT2D eigenvalue weighted by molar-refractivity contribution is 5.89. The van der Waals surface area contributed by atoms with E-state index in [0.29, 0.717) is 5.82 Å². The topological polar surface area (TPSA) is 38.7 Å². The summed E-state index contributed by atoms with van der Waals surface area (Å²) in [6, 6.07) is 80.4. The van der Waals surface area contributed by atoms with E-state index in [-0.39, 0.29) is 0 Å². The highest BCUT2D eigenvalue weighted by Gasteiger charge is 2.45. The normalized spacial score (nSPS) is 12.4. The maximum absolute atomic E-state index is 5.07. The maximum atomic E-state index is 5.07. The smallest absolute Gasteiger partial charge is 0.160 e. The molecule has 3 nitrogen and oxygen atoms in total. The van der Waals surface area contributed by atoms with Gasteiger partial charge in [-0.05, 0) is 85.0 Å². The minimum atomic E-state index is -0.397. The number of fused-ring (bicyclic) bond motifs is 3. The van der Waals surface area contributed by atoms with Crippen LogP contribution in [0.1, 0.15) is 22.3 Å². The van der Waals surface area contributed by atoms with Crippen LogP contribution < -0.4 is 0 Å². The van der Waals surface area contributed by atoms with Crippen LogP contribution in [0, 0.1) is 0 Å². The molecule has 0 radical (unpaired) electrons. The second-order valence-corrected chi connectivity index (χ2v) is 15.6. The fraction of sp³-hybridized carbons (Fsp3) is 0.0172. The summed E-state index contributed by atoms with van der Waals surface area (Å²) in [6.07, 6.45) is 3.68. The monoisotopic (exact) mass is 777 g/mol. The Morgan fingerprint density at radius 2 is 0.738 bits per heavy atom. The number of aromatic nitrogens is 3. The number of benzene rings is 8. The van der Waals surface area contributed by atoms with Crippen LogP contribution >= 0.6 is 0 Å². The van der Waals surface area contributed by atoms with E-state index in [0.717, 1.165) is 50.3 Å². The highest BCUT2D eigenvalue weighted by atomic mass is 14.9. The summed E-state index contributed by atoms with van der Waals surface area (Å²) in [5.41, 5.74) is 19.1. The van der Waals surface area contributed by atoms with Gasteiger partial charge >= 0.3 is 0 Å². The Balaban J connectivity index is 0.909. The molecule has 0 fully saturated rings. The Bertz CT molecular complexity index is 3090. The third-order valence-electron chi connectivity index (χ3n) is 12.1. The molecule has 61 heavy (non-hydrogen) atoms. The van der Waals surface area contributed by atoms with E-state index in [4.69, 9.17) is 9.97 Å². The third kappa shape index (κ3) is 6.44. The summed E-state index contributed by atoms with van der Waals surface area (Å²) in [5, 5.41) is 0. The number of hydrogen-bond donors (Lipinski definition) is 0. The van der Waals surface area contributed by atoms with Gasteiger partial charge in [0.2, 0.25) is 0 Å². The molecule has 0 bridgehead atoms. The third-order valence-corrected chi connectivity index (χ3v) is 12.1. The van der Waals surface area contributed by atoms with Gasteiger partial charge < -0.3 is 0 Å². The summed E-state index contributed by atoms with van der Waals surface area (Å²) in [5.74, 6) is 0.699. The van der Waals surface area contributed by atoms with Gasteiger partial charge in [0, 0.05) is 29.1 Å². The molecule has 0 unspecified atom stereocenters. The SMILES string of the molecule is c1ccc(-c2nc(-c3ccc(-c4ccc(-c5ccc6c(c5)-c5ccccc5C6(c5ccccc5)c5ccccc5)cc4)cc3)cc(-c3ccc(-c4cccnc4)cc3)n2)cc1. The predicted octanol–water partition coefficient (Wildman–Crippen LogP) is 14.2. The summed E-state index contributed by atoms with van der Waals surface area (Å²) in [6.45, 7) is 0. The second-order valence-electron chi connectivity index (χ2n) is 15.6. The lowest BCUT2D eigenvalue weighted by Crippen LogP contribution is -2.28. The molecule has 1 aliphatic carbocycles. The summed E-state index contributed by atoms with van der Waals surface area (Å²) >= 11 is 0. The first-order chi connectivity index (χ1) is 30.2. The van der Waals surface area contributed by atoms with E-state index < -0.39 is 5.41 Å². The summed E-state index contributed by atoms with van der Waals surface area (Å²) in [7, 11) is 0. The average molecular weight is 778 g/mol. The molecule has 0 N–H and O–H groups in total. The van der Waals surface area contributed by atoms with Crippen molar-refractivity contribution in [3.05, 3.63) is 259 Å². The fourth-order valence-corrected chi connectivity index (χ4v) is 9.14. The van der Waals surface area contributed by atoms with Gasteiger partial charge in [0.15, 0.2) is 5.82 Å². The van der Waals surface area contributed by atoms with Crippen LogP contribution in [0.4, 0.5) is 0 Å². The van der Waals surface area contributed by atoms with Crippen LogP contribution in [0.25, 0.3) is 78.4 Å². The van der Waals surface area contributed by atoms with E-state index in [1.165, 1.54) is 44.5 Å². The molecule has 2 heterocycles. The van der Waals surface area contributed by atoms with Crippen molar-refractivity contribution in [2.24, 2.45) is 0 Å². The van der Waals surface area contributed by atoms with Crippen molar-refractivity contribution in [3.63, 3.8) is 0 Å². The zero-order chi connectivity index (χ0) is 40.6. The first-order valence-electron chi connectivity index (χ1n) is 20.7. The van der Waals surface area contributed by atoms with E-state index in [9.17, 15) is 0 Å². The predicted molar refractivity (Wildman–Crippen MR) is 250 cm³/mol. The molecule has 10 aromatic rings. The first kappa shape index (κ1) is 36.1. The standard InChI is InChI=1S/C58H39N3/c1-4-13-46(14-5-1)57-60-55(38-56(61-57)45-32-28-43(29-33-45)48-15-12-36-59-39-48)44-30-26-41(27-31-44)40-22-24-42(25-23-40)47-34-35-54-52(37-47)51-20-10-11-21-53(51)58(54,49-16-6-2-7-17-49)50-18-8-3-9-19-50/h1-39H. The largest absolute Gasteiger partial charge is 0.264 e. The Hall–Kier alpha value is -8.01. The zero-order valence-corrected chi connectivity index (χ0v) is 33.4. The van der Waals surface area contributed by atoms with Crippen LogP contribution in [0.3, 0.4) is 0 Å². The van der Waals surface area contributed by atoms with Crippen LogP contribution in [0.5, 0.6) is 0 Å². The molecule has 8 aromatic carbocycles. The van der Waals surface area contributed by atoms with Gasteiger partial charge in [0.1, 0.15) is 0 Å². The lowest BCUT2D eigenvalue weighted by molar-refractivity contribution is 0.768. The molecule has 1 aliphatic rings. The second kappa shape index (κ2) is 15.3. The van der Waals surface area contributed by atoms with Crippen molar-refractivity contribution in [1.29, 1.82) is 0 Å². The van der Waals surface area contributed by atoms with E-state index in [2.05, 4.69) is 205 Å². The molecular weight excluding hydrogens is 739 g/mol.